The van der Waals surface area contributed by atoms with Crippen molar-refractivity contribution < 1.29 is 9.47 Å². The fourth-order valence-corrected chi connectivity index (χ4v) is 1.89. The summed E-state index contributed by atoms with van der Waals surface area (Å²) in [4.78, 5) is 8.62. The van der Waals surface area contributed by atoms with E-state index in [0.717, 1.165) is 31.0 Å². The highest BCUT2D eigenvalue weighted by Gasteiger charge is 2.04. The van der Waals surface area contributed by atoms with Crippen LogP contribution in [0.1, 0.15) is 18.2 Å². The summed E-state index contributed by atoms with van der Waals surface area (Å²) in [6, 6.07) is 9.77. The van der Waals surface area contributed by atoms with Gasteiger partial charge in [-0.1, -0.05) is 12.1 Å². The maximum absolute atomic E-state index is 5.78. The van der Waals surface area contributed by atoms with Gasteiger partial charge >= 0.3 is 0 Å². The monoisotopic (exact) mass is 287 g/mol. The van der Waals surface area contributed by atoms with Crippen LogP contribution in [0.4, 0.5) is 5.95 Å². The van der Waals surface area contributed by atoms with Gasteiger partial charge in [0, 0.05) is 25.4 Å². The highest BCUT2D eigenvalue weighted by molar-refractivity contribution is 5.34. The van der Waals surface area contributed by atoms with Crippen LogP contribution in [0.15, 0.2) is 30.3 Å². The molecule has 0 spiro atoms. The molecular weight excluding hydrogens is 266 g/mol. The molecule has 5 heteroatoms. The number of nitrogens with zero attached hydrogens (tertiary/aromatic N) is 2. The van der Waals surface area contributed by atoms with Crippen molar-refractivity contribution in [2.24, 2.45) is 0 Å². The number of anilines is 1. The summed E-state index contributed by atoms with van der Waals surface area (Å²) in [6.45, 7) is 5.42. The lowest BCUT2D eigenvalue weighted by Crippen LogP contribution is -2.04. The van der Waals surface area contributed by atoms with E-state index < -0.39 is 0 Å². The fourth-order valence-electron chi connectivity index (χ4n) is 1.89. The molecule has 2 aromatic rings. The third kappa shape index (κ3) is 4.72. The maximum atomic E-state index is 5.78. The van der Waals surface area contributed by atoms with Crippen LogP contribution in [-0.2, 0) is 11.2 Å². The normalized spacial score (nSPS) is 10.4. The number of nitrogens with one attached hydrogen (secondary N) is 1. The Hall–Kier alpha value is -2.14. The van der Waals surface area contributed by atoms with Crippen LogP contribution in [0.5, 0.6) is 11.6 Å². The molecule has 0 aliphatic heterocycles. The highest BCUT2D eigenvalue weighted by atomic mass is 16.5. The first kappa shape index (κ1) is 15.3. The molecule has 1 N–H and O–H groups in total. The second kappa shape index (κ2) is 7.59. The van der Waals surface area contributed by atoms with Crippen molar-refractivity contribution in [3.63, 3.8) is 0 Å². The summed E-state index contributed by atoms with van der Waals surface area (Å²) in [5, 5.41) is 3.09. The number of hydrogen-bond acceptors (Lipinski definition) is 5. The molecule has 1 aromatic carbocycles. The minimum absolute atomic E-state index is 0.545. The van der Waals surface area contributed by atoms with Gasteiger partial charge in [0.1, 0.15) is 5.75 Å². The molecule has 0 aliphatic carbocycles. The number of benzene rings is 1. The zero-order valence-electron chi connectivity index (χ0n) is 12.7. The molecule has 5 nitrogen and oxygen atoms in total. The third-order valence-electron chi connectivity index (χ3n) is 2.91. The van der Waals surface area contributed by atoms with Gasteiger partial charge in [-0.15, -0.1) is 0 Å². The quantitative estimate of drug-likeness (QED) is 0.847. The van der Waals surface area contributed by atoms with E-state index in [1.807, 2.05) is 44.2 Å². The Morgan fingerprint density at radius 2 is 1.90 bits per heavy atom. The zero-order chi connectivity index (χ0) is 15.1. The highest BCUT2D eigenvalue weighted by Crippen LogP contribution is 2.21. The summed E-state index contributed by atoms with van der Waals surface area (Å²) in [5.41, 5.74) is 2.09. The smallest absolute Gasteiger partial charge is 0.226 e. The van der Waals surface area contributed by atoms with Gasteiger partial charge in [0.15, 0.2) is 0 Å². The average Bonchev–Trinajstić information content (AvgIpc) is 2.46. The SMILES string of the molecule is CCNc1nc(C)cc(Oc2ccc(CCOC)cc2)n1. The lowest BCUT2D eigenvalue weighted by Gasteiger charge is -2.09. The van der Waals surface area contributed by atoms with Crippen LogP contribution >= 0.6 is 0 Å². The summed E-state index contributed by atoms with van der Waals surface area (Å²) in [5.74, 6) is 1.89. The fraction of sp³-hybridized carbons (Fsp3) is 0.375. The molecule has 0 unspecified atom stereocenters. The summed E-state index contributed by atoms with van der Waals surface area (Å²) in [6.07, 6.45) is 0.897. The predicted octanol–water partition coefficient (Wildman–Crippen LogP) is 3.20. The predicted molar refractivity (Wildman–Crippen MR) is 83.0 cm³/mol. The molecular formula is C16H21N3O2. The molecule has 1 aromatic heterocycles. The first-order valence-electron chi connectivity index (χ1n) is 7.06. The Morgan fingerprint density at radius 1 is 1.14 bits per heavy atom. The Balaban J connectivity index is 2.07. The van der Waals surface area contributed by atoms with Gasteiger partial charge in [-0.25, -0.2) is 4.98 Å². The topological polar surface area (TPSA) is 56.3 Å². The third-order valence-corrected chi connectivity index (χ3v) is 2.91. The molecule has 0 bridgehead atoms. The van der Waals surface area contributed by atoms with Crippen LogP contribution in [0.3, 0.4) is 0 Å². The molecule has 0 saturated heterocycles. The van der Waals surface area contributed by atoms with E-state index in [9.17, 15) is 0 Å². The number of ether oxygens (including phenoxy) is 2. The van der Waals surface area contributed by atoms with Gasteiger partial charge in [-0.2, -0.15) is 4.98 Å². The van der Waals surface area contributed by atoms with E-state index >= 15 is 0 Å². The number of rotatable bonds is 7. The van der Waals surface area contributed by atoms with Crippen LogP contribution < -0.4 is 10.1 Å². The molecule has 0 aliphatic rings. The van der Waals surface area contributed by atoms with Crippen molar-refractivity contribution in [2.75, 3.05) is 25.6 Å². The Labute approximate surface area is 125 Å². The first-order chi connectivity index (χ1) is 10.2. The van der Waals surface area contributed by atoms with Crippen LogP contribution in [0.25, 0.3) is 0 Å². The van der Waals surface area contributed by atoms with Crippen molar-refractivity contribution in [3.05, 3.63) is 41.6 Å². The van der Waals surface area contributed by atoms with Gasteiger partial charge in [0.25, 0.3) is 0 Å². The van der Waals surface area contributed by atoms with Gasteiger partial charge in [0.05, 0.1) is 6.61 Å². The van der Waals surface area contributed by atoms with Crippen molar-refractivity contribution in [1.29, 1.82) is 0 Å². The summed E-state index contributed by atoms with van der Waals surface area (Å²) in [7, 11) is 1.71. The largest absolute Gasteiger partial charge is 0.439 e. The molecule has 0 saturated carbocycles. The molecule has 21 heavy (non-hydrogen) atoms. The zero-order valence-corrected chi connectivity index (χ0v) is 12.7. The minimum Gasteiger partial charge on any atom is -0.439 e. The van der Waals surface area contributed by atoms with E-state index in [1.54, 1.807) is 7.11 Å². The lowest BCUT2D eigenvalue weighted by molar-refractivity contribution is 0.202. The second-order valence-electron chi connectivity index (χ2n) is 4.69. The van der Waals surface area contributed by atoms with Crippen LogP contribution in [0.2, 0.25) is 0 Å². The van der Waals surface area contributed by atoms with E-state index in [2.05, 4.69) is 15.3 Å². The Morgan fingerprint density at radius 3 is 2.57 bits per heavy atom. The average molecular weight is 287 g/mol. The Kier molecular flexibility index (Phi) is 5.51. The van der Waals surface area contributed by atoms with Crippen molar-refractivity contribution >= 4 is 5.95 Å². The van der Waals surface area contributed by atoms with Crippen LogP contribution in [0, 0.1) is 6.92 Å². The first-order valence-corrected chi connectivity index (χ1v) is 7.06. The van der Waals surface area contributed by atoms with Gasteiger partial charge in [-0.05, 0) is 38.0 Å². The maximum Gasteiger partial charge on any atom is 0.226 e. The molecule has 0 atom stereocenters. The molecule has 0 radical (unpaired) electrons. The lowest BCUT2D eigenvalue weighted by atomic mass is 10.1. The summed E-state index contributed by atoms with van der Waals surface area (Å²) < 4.78 is 10.8. The van der Waals surface area contributed by atoms with E-state index in [4.69, 9.17) is 9.47 Å². The molecule has 0 fully saturated rings. The second-order valence-corrected chi connectivity index (χ2v) is 4.69. The van der Waals surface area contributed by atoms with Gasteiger partial charge in [-0.3, -0.25) is 0 Å². The number of aryl methyl sites for hydroxylation is 1. The van der Waals surface area contributed by atoms with E-state index in [0.29, 0.717) is 11.8 Å². The van der Waals surface area contributed by atoms with Crippen molar-refractivity contribution in [2.45, 2.75) is 20.3 Å². The Bertz CT molecular complexity index is 570. The standard InChI is InChI=1S/C16H21N3O2/c1-4-17-16-18-12(2)11-15(19-16)21-14-7-5-13(6-8-14)9-10-20-3/h5-8,11H,4,9-10H2,1-3H3,(H,17,18,19). The molecule has 2 rings (SSSR count). The number of hydrogen-bond donors (Lipinski definition) is 1. The summed E-state index contributed by atoms with van der Waals surface area (Å²) >= 11 is 0. The number of methoxy groups -OCH3 is 1. The van der Waals surface area contributed by atoms with Crippen molar-refractivity contribution in [1.82, 2.24) is 9.97 Å². The molecule has 0 amide bonds. The number of aromatic nitrogens is 2. The van der Waals surface area contributed by atoms with Gasteiger partial charge < -0.3 is 14.8 Å². The van der Waals surface area contributed by atoms with E-state index in [-0.39, 0.29) is 0 Å². The van der Waals surface area contributed by atoms with Crippen LogP contribution in [-0.4, -0.2) is 30.2 Å². The van der Waals surface area contributed by atoms with Gasteiger partial charge in [0.2, 0.25) is 11.8 Å². The molecule has 1 heterocycles. The molecule has 112 valence electrons. The van der Waals surface area contributed by atoms with Crippen molar-refractivity contribution in [3.8, 4) is 11.6 Å². The van der Waals surface area contributed by atoms with E-state index in [1.165, 1.54) is 5.56 Å². The minimum atomic E-state index is 0.545.